The van der Waals surface area contributed by atoms with Gasteiger partial charge in [-0.1, -0.05) is 0 Å². The Morgan fingerprint density at radius 1 is 0.968 bits per heavy atom. The Balaban J connectivity index is 1.76. The topological polar surface area (TPSA) is 98.1 Å². The Morgan fingerprint density at radius 3 is 2.45 bits per heavy atom. The van der Waals surface area contributed by atoms with Gasteiger partial charge in [0.1, 0.15) is 16.5 Å². The molecule has 4 aromatic rings. The van der Waals surface area contributed by atoms with Crippen molar-refractivity contribution >= 4 is 31.8 Å². The first-order chi connectivity index (χ1) is 14.6. The van der Waals surface area contributed by atoms with Crippen LogP contribution in [0.2, 0.25) is 0 Å². The van der Waals surface area contributed by atoms with Crippen LogP contribution in [0.15, 0.2) is 52.2 Å². The average Bonchev–Trinajstić information content (AvgIpc) is 3.09. The van der Waals surface area contributed by atoms with E-state index in [1.54, 1.807) is 25.1 Å². The lowest BCUT2D eigenvalue weighted by Crippen LogP contribution is -2.31. The Kier molecular flexibility index (Phi) is 5.38. The molecule has 0 aliphatic heterocycles. The predicted molar refractivity (Wildman–Crippen MR) is 116 cm³/mol. The van der Waals surface area contributed by atoms with Crippen LogP contribution in [-0.2, 0) is 10.0 Å². The molecular formula is C21H20F2N4O3S. The Bertz CT molecular complexity index is 1460. The Morgan fingerprint density at radius 2 is 1.71 bits per heavy atom. The summed E-state index contributed by atoms with van der Waals surface area (Å²) in [7, 11) is -0.457. The second-order valence-corrected chi connectivity index (χ2v) is 9.23. The molecule has 0 unspecified atom stereocenters. The van der Waals surface area contributed by atoms with Crippen LogP contribution in [0.3, 0.4) is 0 Å². The molecule has 0 atom stereocenters. The number of nitrogens with zero attached hydrogens (tertiary/aromatic N) is 1. The summed E-state index contributed by atoms with van der Waals surface area (Å²) in [4.78, 5) is 19.4. The highest BCUT2D eigenvalue weighted by atomic mass is 32.2. The number of hydrogen-bond acceptors (Lipinski definition) is 4. The third kappa shape index (κ3) is 4.22. The summed E-state index contributed by atoms with van der Waals surface area (Å²) in [6, 6.07) is 9.39. The molecule has 2 heterocycles. The van der Waals surface area contributed by atoms with Gasteiger partial charge in [-0.2, -0.15) is 0 Å². The first-order valence-electron chi connectivity index (χ1n) is 9.44. The molecule has 2 aromatic heterocycles. The van der Waals surface area contributed by atoms with Crippen molar-refractivity contribution in [2.75, 3.05) is 27.2 Å². The van der Waals surface area contributed by atoms with Gasteiger partial charge in [0, 0.05) is 34.9 Å². The first kappa shape index (κ1) is 21.2. The lowest BCUT2D eigenvalue weighted by molar-refractivity contribution is 0.412. The zero-order valence-corrected chi connectivity index (χ0v) is 17.6. The van der Waals surface area contributed by atoms with Gasteiger partial charge in [-0.25, -0.2) is 21.9 Å². The standard InChI is InChI=1S/C21H20F2N4O3S/c1-27(2)6-5-24-31(29,30)20-10-13-9-19(25-18(13)11-16(20)23)15-8-12-7-14(22)3-4-17(12)26-21(15)28/h3-4,7-11,24-25H,5-6H2,1-2H3,(H,26,28). The van der Waals surface area contributed by atoms with Crippen molar-refractivity contribution in [2.24, 2.45) is 0 Å². The number of rotatable bonds is 6. The van der Waals surface area contributed by atoms with Gasteiger partial charge in [-0.3, -0.25) is 4.79 Å². The van der Waals surface area contributed by atoms with Crippen molar-refractivity contribution in [2.45, 2.75) is 4.90 Å². The molecule has 0 saturated heterocycles. The van der Waals surface area contributed by atoms with Crippen LogP contribution >= 0.6 is 0 Å². The van der Waals surface area contributed by atoms with E-state index in [2.05, 4.69) is 14.7 Å². The quantitative estimate of drug-likeness (QED) is 0.424. The number of nitrogens with one attached hydrogen (secondary N) is 3. The van der Waals surface area contributed by atoms with Crippen LogP contribution in [-0.4, -0.2) is 50.5 Å². The van der Waals surface area contributed by atoms with E-state index in [9.17, 15) is 22.0 Å². The van der Waals surface area contributed by atoms with Gasteiger partial charge in [0.15, 0.2) is 0 Å². The fraction of sp³-hybridized carbons (Fsp3) is 0.190. The monoisotopic (exact) mass is 446 g/mol. The van der Waals surface area contributed by atoms with Crippen molar-refractivity contribution in [1.82, 2.24) is 19.6 Å². The molecule has 0 spiro atoms. The molecule has 0 bridgehead atoms. The molecule has 10 heteroatoms. The third-order valence-electron chi connectivity index (χ3n) is 4.91. The third-order valence-corrected chi connectivity index (χ3v) is 6.39. The lowest BCUT2D eigenvalue weighted by atomic mass is 10.1. The summed E-state index contributed by atoms with van der Waals surface area (Å²) in [5.41, 5.74) is 0.984. The molecule has 7 nitrogen and oxygen atoms in total. The molecule has 3 N–H and O–H groups in total. The molecule has 0 fully saturated rings. The molecule has 0 saturated carbocycles. The van der Waals surface area contributed by atoms with Crippen molar-refractivity contribution in [3.8, 4) is 11.3 Å². The zero-order chi connectivity index (χ0) is 22.3. The van der Waals surface area contributed by atoms with Crippen molar-refractivity contribution in [3.63, 3.8) is 0 Å². The molecule has 0 aliphatic carbocycles. The van der Waals surface area contributed by atoms with Gasteiger partial charge in [0.05, 0.1) is 11.3 Å². The van der Waals surface area contributed by atoms with Crippen LogP contribution in [0.1, 0.15) is 0 Å². The Labute approximate surface area is 176 Å². The fourth-order valence-corrected chi connectivity index (χ4v) is 4.46. The maximum Gasteiger partial charge on any atom is 0.257 e. The number of fused-ring (bicyclic) bond motifs is 2. The van der Waals surface area contributed by atoms with Gasteiger partial charge < -0.3 is 14.9 Å². The van der Waals surface area contributed by atoms with E-state index in [0.717, 1.165) is 6.07 Å². The predicted octanol–water partition coefficient (Wildman–Crippen LogP) is 2.79. The average molecular weight is 446 g/mol. The summed E-state index contributed by atoms with van der Waals surface area (Å²) in [6.07, 6.45) is 0. The number of likely N-dealkylation sites (N-methyl/N-ethyl adjacent to an activating group) is 1. The largest absolute Gasteiger partial charge is 0.354 e. The van der Waals surface area contributed by atoms with Gasteiger partial charge in [-0.05, 0) is 56.6 Å². The number of hydrogen-bond donors (Lipinski definition) is 3. The van der Waals surface area contributed by atoms with Gasteiger partial charge in [0.2, 0.25) is 10.0 Å². The second-order valence-electron chi connectivity index (χ2n) is 7.50. The fourth-order valence-electron chi connectivity index (χ4n) is 3.34. The zero-order valence-electron chi connectivity index (χ0n) is 16.8. The maximum atomic E-state index is 14.6. The maximum absolute atomic E-state index is 14.6. The number of benzene rings is 2. The molecule has 0 amide bonds. The normalized spacial score (nSPS) is 12.3. The molecule has 4 rings (SSSR count). The van der Waals surface area contributed by atoms with E-state index in [-0.39, 0.29) is 12.1 Å². The molecule has 0 aliphatic rings. The summed E-state index contributed by atoms with van der Waals surface area (Å²) in [6.45, 7) is 0.594. The number of halogens is 2. The second kappa shape index (κ2) is 7.88. The minimum absolute atomic E-state index is 0.133. The molecule has 31 heavy (non-hydrogen) atoms. The minimum Gasteiger partial charge on any atom is -0.354 e. The van der Waals surface area contributed by atoms with Crippen LogP contribution < -0.4 is 10.3 Å². The van der Waals surface area contributed by atoms with Crippen molar-refractivity contribution < 1.29 is 17.2 Å². The molecule has 162 valence electrons. The Hall–Kier alpha value is -3.08. The summed E-state index contributed by atoms with van der Waals surface area (Å²) in [5.74, 6) is -1.35. The van der Waals surface area contributed by atoms with Crippen LogP contribution in [0, 0.1) is 11.6 Å². The highest BCUT2D eigenvalue weighted by Crippen LogP contribution is 2.28. The molecule has 2 aromatic carbocycles. The van der Waals surface area contributed by atoms with Crippen molar-refractivity contribution in [1.29, 1.82) is 0 Å². The van der Waals surface area contributed by atoms with Gasteiger partial charge >= 0.3 is 0 Å². The summed E-state index contributed by atoms with van der Waals surface area (Å²) >= 11 is 0. The number of sulfonamides is 1. The number of aromatic nitrogens is 2. The number of aromatic amines is 2. The van der Waals surface area contributed by atoms with E-state index < -0.39 is 32.1 Å². The molecular weight excluding hydrogens is 426 g/mol. The summed E-state index contributed by atoms with van der Waals surface area (Å²) in [5, 5.41) is 0.913. The van der Waals surface area contributed by atoms with E-state index >= 15 is 0 Å². The van der Waals surface area contributed by atoms with Crippen LogP contribution in [0.25, 0.3) is 33.1 Å². The number of H-pyrrole nitrogens is 2. The smallest absolute Gasteiger partial charge is 0.257 e. The number of pyridine rings is 1. The highest BCUT2D eigenvalue weighted by molar-refractivity contribution is 7.89. The summed E-state index contributed by atoms with van der Waals surface area (Å²) < 4.78 is 55.6. The van der Waals surface area contributed by atoms with Gasteiger partial charge in [0.25, 0.3) is 5.56 Å². The molecule has 0 radical (unpaired) electrons. The SMILES string of the molecule is CN(C)CCNS(=O)(=O)c1cc2cc(-c3cc4cc(F)ccc4[nH]c3=O)[nH]c2cc1F. The first-order valence-corrected chi connectivity index (χ1v) is 10.9. The van der Waals surface area contributed by atoms with E-state index in [4.69, 9.17) is 0 Å². The van der Waals surface area contributed by atoms with Gasteiger partial charge in [-0.15, -0.1) is 0 Å². The van der Waals surface area contributed by atoms with Crippen LogP contribution in [0.5, 0.6) is 0 Å². The van der Waals surface area contributed by atoms with Crippen LogP contribution in [0.4, 0.5) is 8.78 Å². The van der Waals surface area contributed by atoms with E-state index in [1.165, 1.54) is 30.3 Å². The van der Waals surface area contributed by atoms with E-state index in [1.807, 2.05) is 0 Å². The lowest BCUT2D eigenvalue weighted by Gasteiger charge is -2.11. The van der Waals surface area contributed by atoms with E-state index in [0.29, 0.717) is 34.0 Å². The minimum atomic E-state index is -4.05. The highest BCUT2D eigenvalue weighted by Gasteiger charge is 2.21. The van der Waals surface area contributed by atoms with Crippen molar-refractivity contribution in [3.05, 3.63) is 64.5 Å².